The first kappa shape index (κ1) is 21.8. The molecule has 1 heterocycles. The molecule has 3 rings (SSSR count). The van der Waals surface area contributed by atoms with Gasteiger partial charge in [-0.25, -0.2) is 0 Å². The maximum absolute atomic E-state index is 12.6. The van der Waals surface area contributed by atoms with Crippen molar-refractivity contribution in [1.82, 2.24) is 10.2 Å². The van der Waals surface area contributed by atoms with Crippen molar-refractivity contribution >= 4 is 5.91 Å². The maximum atomic E-state index is 12.6. The first-order chi connectivity index (χ1) is 14.6. The van der Waals surface area contributed by atoms with Gasteiger partial charge in [0.2, 0.25) is 5.91 Å². The van der Waals surface area contributed by atoms with Gasteiger partial charge in [0.05, 0.1) is 35.0 Å². The summed E-state index contributed by atoms with van der Waals surface area (Å²) < 4.78 is 21.4. The van der Waals surface area contributed by atoms with E-state index in [1.807, 2.05) is 36.4 Å². The van der Waals surface area contributed by atoms with Crippen LogP contribution < -0.4 is 24.3 Å². The van der Waals surface area contributed by atoms with E-state index in [0.29, 0.717) is 24.6 Å². The Morgan fingerprint density at radius 1 is 0.967 bits per heavy atom. The minimum absolute atomic E-state index is 0.0100. The van der Waals surface area contributed by atoms with Gasteiger partial charge in [0, 0.05) is 24.2 Å². The Balaban J connectivity index is 1.62. The van der Waals surface area contributed by atoms with Crippen molar-refractivity contribution < 1.29 is 23.7 Å². The summed E-state index contributed by atoms with van der Waals surface area (Å²) in [5, 5.41) is 3.01. The van der Waals surface area contributed by atoms with E-state index in [1.54, 1.807) is 28.4 Å². The summed E-state index contributed by atoms with van der Waals surface area (Å²) in [7, 11) is 6.50. The van der Waals surface area contributed by atoms with Crippen molar-refractivity contribution in [1.29, 1.82) is 0 Å². The van der Waals surface area contributed by atoms with Crippen molar-refractivity contribution in [2.24, 2.45) is 0 Å². The first-order valence-electron chi connectivity index (χ1n) is 10.0. The fraction of sp³-hybridized carbons (Fsp3) is 0.435. The molecule has 0 aromatic heterocycles. The number of ether oxygens (including phenoxy) is 4. The predicted molar refractivity (Wildman–Crippen MR) is 114 cm³/mol. The monoisotopic (exact) mass is 414 g/mol. The summed E-state index contributed by atoms with van der Waals surface area (Å²) in [5.74, 6) is 2.85. The van der Waals surface area contributed by atoms with Gasteiger partial charge in [-0.1, -0.05) is 12.1 Å². The Kier molecular flexibility index (Phi) is 7.41. The van der Waals surface area contributed by atoms with Crippen molar-refractivity contribution in [3.8, 4) is 23.0 Å². The highest BCUT2D eigenvalue weighted by atomic mass is 16.5. The summed E-state index contributed by atoms with van der Waals surface area (Å²) in [6, 6.07) is 11.6. The standard InChI is InChI=1S/C23H30N2O5/c1-27-17-8-9-18(21(13-17)29-3)19-6-5-11-25(19)15-23(26)24-14-16-7-10-20(28-2)22(12-16)30-4/h7-10,12-13,19H,5-6,11,14-15H2,1-4H3,(H,24,26)/t19-/m1/s1. The molecular weight excluding hydrogens is 384 g/mol. The Labute approximate surface area is 177 Å². The quantitative estimate of drug-likeness (QED) is 0.680. The van der Waals surface area contributed by atoms with Gasteiger partial charge in [-0.15, -0.1) is 0 Å². The minimum Gasteiger partial charge on any atom is -0.497 e. The molecule has 2 aromatic rings. The molecule has 1 amide bonds. The van der Waals surface area contributed by atoms with Crippen LogP contribution in [0.15, 0.2) is 36.4 Å². The van der Waals surface area contributed by atoms with Gasteiger partial charge in [-0.05, 0) is 43.1 Å². The third kappa shape index (κ3) is 4.97. The van der Waals surface area contributed by atoms with Crippen LogP contribution >= 0.6 is 0 Å². The van der Waals surface area contributed by atoms with Crippen LogP contribution in [-0.4, -0.2) is 52.3 Å². The number of carbonyl (C=O) groups is 1. The number of rotatable bonds is 9. The van der Waals surface area contributed by atoms with Crippen LogP contribution in [0.3, 0.4) is 0 Å². The molecule has 1 fully saturated rings. The van der Waals surface area contributed by atoms with Crippen LogP contribution in [0.2, 0.25) is 0 Å². The van der Waals surface area contributed by atoms with E-state index in [9.17, 15) is 4.79 Å². The smallest absolute Gasteiger partial charge is 0.234 e. The van der Waals surface area contributed by atoms with Gasteiger partial charge in [0.15, 0.2) is 11.5 Å². The molecule has 7 nitrogen and oxygen atoms in total. The average molecular weight is 415 g/mol. The lowest BCUT2D eigenvalue weighted by atomic mass is 10.0. The average Bonchev–Trinajstić information content (AvgIpc) is 3.24. The van der Waals surface area contributed by atoms with Gasteiger partial charge < -0.3 is 24.3 Å². The van der Waals surface area contributed by atoms with Crippen molar-refractivity contribution in [2.45, 2.75) is 25.4 Å². The van der Waals surface area contributed by atoms with E-state index >= 15 is 0 Å². The highest BCUT2D eigenvalue weighted by molar-refractivity contribution is 5.78. The molecule has 162 valence electrons. The number of carbonyl (C=O) groups excluding carboxylic acids is 1. The zero-order chi connectivity index (χ0) is 21.5. The molecule has 1 N–H and O–H groups in total. The summed E-state index contributed by atoms with van der Waals surface area (Å²) in [6.45, 7) is 1.65. The van der Waals surface area contributed by atoms with Crippen LogP contribution in [0.5, 0.6) is 23.0 Å². The summed E-state index contributed by atoms with van der Waals surface area (Å²) in [4.78, 5) is 14.8. The highest BCUT2D eigenvalue weighted by Crippen LogP contribution is 2.38. The SMILES string of the molecule is COc1ccc([C@H]2CCCN2CC(=O)NCc2ccc(OC)c(OC)c2)c(OC)c1. The molecule has 1 aliphatic rings. The van der Waals surface area contributed by atoms with E-state index in [0.717, 1.165) is 42.0 Å². The summed E-state index contributed by atoms with van der Waals surface area (Å²) >= 11 is 0. The molecule has 0 unspecified atom stereocenters. The number of likely N-dealkylation sites (tertiary alicyclic amines) is 1. The summed E-state index contributed by atoms with van der Waals surface area (Å²) in [5.41, 5.74) is 2.04. The third-order valence-electron chi connectivity index (χ3n) is 5.45. The number of methoxy groups -OCH3 is 4. The number of hydrogen-bond donors (Lipinski definition) is 1. The molecule has 1 saturated heterocycles. The van der Waals surface area contributed by atoms with Gasteiger partial charge in [-0.2, -0.15) is 0 Å². The lowest BCUT2D eigenvalue weighted by Gasteiger charge is -2.26. The normalized spacial score (nSPS) is 16.2. The molecule has 2 aromatic carbocycles. The molecule has 0 radical (unpaired) electrons. The van der Waals surface area contributed by atoms with Crippen LogP contribution in [0.1, 0.15) is 30.0 Å². The molecule has 0 aliphatic carbocycles. The molecule has 1 aliphatic heterocycles. The molecule has 0 bridgehead atoms. The Hall–Kier alpha value is -2.93. The maximum Gasteiger partial charge on any atom is 0.234 e. The van der Waals surface area contributed by atoms with Crippen LogP contribution in [-0.2, 0) is 11.3 Å². The Morgan fingerprint density at radius 2 is 1.73 bits per heavy atom. The molecule has 0 saturated carbocycles. The van der Waals surface area contributed by atoms with E-state index in [1.165, 1.54) is 0 Å². The lowest BCUT2D eigenvalue weighted by molar-refractivity contribution is -0.122. The van der Waals surface area contributed by atoms with E-state index in [2.05, 4.69) is 10.2 Å². The predicted octanol–water partition coefficient (Wildman–Crippen LogP) is 3.17. The number of nitrogens with one attached hydrogen (secondary N) is 1. The summed E-state index contributed by atoms with van der Waals surface area (Å²) in [6.07, 6.45) is 2.04. The van der Waals surface area contributed by atoms with Crippen molar-refractivity contribution in [3.63, 3.8) is 0 Å². The van der Waals surface area contributed by atoms with Crippen LogP contribution in [0, 0.1) is 0 Å². The van der Waals surface area contributed by atoms with E-state index in [-0.39, 0.29) is 11.9 Å². The third-order valence-corrected chi connectivity index (χ3v) is 5.45. The fourth-order valence-corrected chi connectivity index (χ4v) is 3.89. The minimum atomic E-state index is -0.0100. The second kappa shape index (κ2) is 10.2. The zero-order valence-corrected chi connectivity index (χ0v) is 18.1. The zero-order valence-electron chi connectivity index (χ0n) is 18.1. The largest absolute Gasteiger partial charge is 0.497 e. The number of amides is 1. The second-order valence-electron chi connectivity index (χ2n) is 7.20. The van der Waals surface area contributed by atoms with Gasteiger partial charge >= 0.3 is 0 Å². The van der Waals surface area contributed by atoms with Gasteiger partial charge in [0.1, 0.15) is 11.5 Å². The number of nitrogens with zero attached hydrogens (tertiary/aromatic N) is 1. The highest BCUT2D eigenvalue weighted by Gasteiger charge is 2.29. The molecular formula is C23H30N2O5. The molecule has 1 atom stereocenters. The topological polar surface area (TPSA) is 69.3 Å². The number of hydrogen-bond acceptors (Lipinski definition) is 6. The van der Waals surface area contributed by atoms with Crippen LogP contribution in [0.4, 0.5) is 0 Å². The first-order valence-corrected chi connectivity index (χ1v) is 10.0. The Morgan fingerprint density at radius 3 is 2.43 bits per heavy atom. The van der Waals surface area contributed by atoms with Crippen LogP contribution in [0.25, 0.3) is 0 Å². The molecule has 7 heteroatoms. The Bertz CT molecular complexity index is 871. The second-order valence-corrected chi connectivity index (χ2v) is 7.20. The van der Waals surface area contributed by atoms with Gasteiger partial charge in [0.25, 0.3) is 0 Å². The fourth-order valence-electron chi connectivity index (χ4n) is 3.89. The molecule has 30 heavy (non-hydrogen) atoms. The van der Waals surface area contributed by atoms with E-state index in [4.69, 9.17) is 18.9 Å². The van der Waals surface area contributed by atoms with Crippen molar-refractivity contribution in [2.75, 3.05) is 41.5 Å². The lowest BCUT2D eigenvalue weighted by Crippen LogP contribution is -2.36. The van der Waals surface area contributed by atoms with E-state index < -0.39 is 0 Å². The van der Waals surface area contributed by atoms with Gasteiger partial charge in [-0.3, -0.25) is 9.69 Å². The van der Waals surface area contributed by atoms with Crippen molar-refractivity contribution in [3.05, 3.63) is 47.5 Å². The number of benzene rings is 2. The molecule has 0 spiro atoms.